The van der Waals surface area contributed by atoms with Crippen molar-refractivity contribution in [1.82, 2.24) is 9.21 Å². The SMILES string of the molecule is CC(C)(C)SCC(=O)N1CCN(S(=O)(=O)c2ccc(Cl)c(C(F)(F)F)c2)CC1. The lowest BCUT2D eigenvalue weighted by molar-refractivity contribution is -0.137. The Morgan fingerprint density at radius 2 is 1.71 bits per heavy atom. The van der Waals surface area contributed by atoms with Crippen molar-refractivity contribution in [3.05, 3.63) is 28.8 Å². The van der Waals surface area contributed by atoms with Crippen molar-refractivity contribution in [3.8, 4) is 0 Å². The van der Waals surface area contributed by atoms with Crippen LogP contribution in [0.1, 0.15) is 26.3 Å². The highest BCUT2D eigenvalue weighted by molar-refractivity contribution is 8.01. The van der Waals surface area contributed by atoms with E-state index in [0.717, 1.165) is 16.4 Å². The third kappa shape index (κ3) is 5.77. The summed E-state index contributed by atoms with van der Waals surface area (Å²) in [6.07, 6.45) is -4.75. The molecule has 0 unspecified atom stereocenters. The Kier molecular flexibility index (Phi) is 7.00. The Hall–Kier alpha value is -0.970. The largest absolute Gasteiger partial charge is 0.417 e. The average molecular weight is 459 g/mol. The van der Waals surface area contributed by atoms with Gasteiger partial charge in [-0.25, -0.2) is 8.42 Å². The zero-order valence-corrected chi connectivity index (χ0v) is 18.1. The third-order valence-electron chi connectivity index (χ3n) is 4.10. The number of rotatable bonds is 4. The lowest BCUT2D eigenvalue weighted by Crippen LogP contribution is -2.51. The quantitative estimate of drug-likeness (QED) is 0.690. The normalized spacial score (nSPS) is 17.0. The summed E-state index contributed by atoms with van der Waals surface area (Å²) in [6.45, 7) is 6.44. The second-order valence-corrected chi connectivity index (χ2v) is 11.5. The van der Waals surface area contributed by atoms with Crippen molar-refractivity contribution < 1.29 is 26.4 Å². The number of sulfonamides is 1. The molecular formula is C17H22ClF3N2O3S2. The summed E-state index contributed by atoms with van der Waals surface area (Å²) < 4.78 is 65.5. The minimum atomic E-state index is -4.75. The molecule has 0 aliphatic carbocycles. The number of benzene rings is 1. The van der Waals surface area contributed by atoms with Crippen LogP contribution >= 0.6 is 23.4 Å². The molecule has 0 bridgehead atoms. The number of thioether (sulfide) groups is 1. The fourth-order valence-corrected chi connectivity index (χ4v) is 4.99. The highest BCUT2D eigenvalue weighted by Crippen LogP contribution is 2.36. The van der Waals surface area contributed by atoms with Gasteiger partial charge < -0.3 is 4.90 Å². The molecule has 1 heterocycles. The highest BCUT2D eigenvalue weighted by atomic mass is 35.5. The van der Waals surface area contributed by atoms with Crippen LogP contribution < -0.4 is 0 Å². The zero-order valence-electron chi connectivity index (χ0n) is 15.7. The van der Waals surface area contributed by atoms with Gasteiger partial charge in [0.25, 0.3) is 0 Å². The Labute approximate surface area is 172 Å². The van der Waals surface area contributed by atoms with Gasteiger partial charge in [0, 0.05) is 30.9 Å². The molecule has 1 saturated heterocycles. The van der Waals surface area contributed by atoms with E-state index >= 15 is 0 Å². The number of alkyl halides is 3. The minimum Gasteiger partial charge on any atom is -0.339 e. The van der Waals surface area contributed by atoms with Crippen LogP contribution in [0.2, 0.25) is 5.02 Å². The van der Waals surface area contributed by atoms with Gasteiger partial charge in [-0.2, -0.15) is 17.5 Å². The van der Waals surface area contributed by atoms with E-state index in [9.17, 15) is 26.4 Å². The van der Waals surface area contributed by atoms with E-state index in [2.05, 4.69) is 0 Å². The van der Waals surface area contributed by atoms with Gasteiger partial charge in [-0.15, -0.1) is 11.8 Å². The average Bonchev–Trinajstić information content (AvgIpc) is 2.58. The summed E-state index contributed by atoms with van der Waals surface area (Å²) in [5, 5.41) is -0.557. The van der Waals surface area contributed by atoms with E-state index in [1.807, 2.05) is 20.8 Å². The number of carbonyl (C=O) groups is 1. The summed E-state index contributed by atoms with van der Waals surface area (Å²) in [4.78, 5) is 13.4. The molecule has 0 aromatic heterocycles. The number of nitrogens with zero attached hydrogens (tertiary/aromatic N) is 2. The molecule has 1 aliphatic heterocycles. The number of carbonyl (C=O) groups excluding carboxylic acids is 1. The van der Waals surface area contributed by atoms with Crippen molar-refractivity contribution in [2.45, 2.75) is 36.6 Å². The predicted octanol–water partition coefficient (Wildman–Crippen LogP) is 3.72. The van der Waals surface area contributed by atoms with E-state index in [4.69, 9.17) is 11.6 Å². The minimum absolute atomic E-state index is 0.0260. The van der Waals surface area contributed by atoms with Crippen LogP contribution in [-0.2, 0) is 21.0 Å². The maximum absolute atomic E-state index is 13.0. The molecule has 28 heavy (non-hydrogen) atoms. The van der Waals surface area contributed by atoms with Gasteiger partial charge in [0.1, 0.15) is 0 Å². The molecule has 1 aromatic carbocycles. The molecule has 0 radical (unpaired) electrons. The van der Waals surface area contributed by atoms with E-state index in [1.54, 1.807) is 4.90 Å². The second kappa shape index (κ2) is 8.41. The van der Waals surface area contributed by atoms with Crippen molar-refractivity contribution in [3.63, 3.8) is 0 Å². The van der Waals surface area contributed by atoms with Gasteiger partial charge in [0.05, 0.1) is 21.2 Å². The number of piperazine rings is 1. The van der Waals surface area contributed by atoms with Gasteiger partial charge in [0.15, 0.2) is 0 Å². The highest BCUT2D eigenvalue weighted by Gasteiger charge is 2.36. The van der Waals surface area contributed by atoms with Crippen LogP contribution in [0.5, 0.6) is 0 Å². The van der Waals surface area contributed by atoms with E-state index in [0.29, 0.717) is 11.8 Å². The summed E-state index contributed by atoms with van der Waals surface area (Å²) in [7, 11) is -4.11. The van der Waals surface area contributed by atoms with Crippen molar-refractivity contribution >= 4 is 39.3 Å². The van der Waals surface area contributed by atoms with Crippen molar-refractivity contribution in [2.75, 3.05) is 31.9 Å². The van der Waals surface area contributed by atoms with Crippen LogP contribution in [0.25, 0.3) is 0 Å². The summed E-state index contributed by atoms with van der Waals surface area (Å²) >= 11 is 7.06. The first kappa shape index (κ1) is 23.3. The van der Waals surface area contributed by atoms with Crippen molar-refractivity contribution in [2.24, 2.45) is 0 Å². The zero-order chi connectivity index (χ0) is 21.3. The lowest BCUT2D eigenvalue weighted by atomic mass is 10.2. The number of amides is 1. The molecule has 1 fully saturated rings. The molecular weight excluding hydrogens is 437 g/mol. The predicted molar refractivity (Wildman–Crippen MR) is 104 cm³/mol. The Bertz CT molecular complexity index is 831. The van der Waals surface area contributed by atoms with Gasteiger partial charge in [-0.05, 0) is 18.2 Å². The first-order valence-corrected chi connectivity index (χ1v) is 11.3. The standard InChI is InChI=1S/C17H22ClF3N2O3S2/c1-16(2,3)27-11-15(24)22-6-8-23(9-7-22)28(25,26)12-4-5-14(18)13(10-12)17(19,20)21/h4-5,10H,6-9,11H2,1-3H3. The molecule has 158 valence electrons. The molecule has 5 nitrogen and oxygen atoms in total. The molecule has 0 atom stereocenters. The van der Waals surface area contributed by atoms with E-state index in [-0.39, 0.29) is 36.8 Å². The molecule has 0 spiro atoms. The maximum Gasteiger partial charge on any atom is 0.417 e. The molecule has 11 heteroatoms. The maximum atomic E-state index is 13.0. The van der Waals surface area contributed by atoms with Crippen LogP contribution in [0.15, 0.2) is 23.1 Å². The molecule has 1 amide bonds. The fraction of sp³-hybridized carbons (Fsp3) is 0.588. The van der Waals surface area contributed by atoms with E-state index < -0.39 is 31.7 Å². The summed E-state index contributed by atoms with van der Waals surface area (Å²) in [6, 6.07) is 2.54. The number of hydrogen-bond acceptors (Lipinski definition) is 4. The molecule has 0 saturated carbocycles. The number of halogens is 4. The number of hydrogen-bond donors (Lipinski definition) is 0. The topological polar surface area (TPSA) is 57.7 Å². The van der Waals surface area contributed by atoms with Crippen LogP contribution in [-0.4, -0.2) is 60.2 Å². The van der Waals surface area contributed by atoms with Gasteiger partial charge in [0.2, 0.25) is 15.9 Å². The molecule has 1 aromatic rings. The molecule has 0 N–H and O–H groups in total. The lowest BCUT2D eigenvalue weighted by Gasteiger charge is -2.34. The summed E-state index contributed by atoms with van der Waals surface area (Å²) in [5.74, 6) is 0.213. The second-order valence-electron chi connectivity index (χ2n) is 7.33. The van der Waals surface area contributed by atoms with Gasteiger partial charge in [-0.1, -0.05) is 32.4 Å². The molecule has 1 aliphatic rings. The summed E-state index contributed by atoms with van der Waals surface area (Å²) in [5.41, 5.74) is -1.19. The van der Waals surface area contributed by atoms with Crippen LogP contribution in [0, 0.1) is 0 Å². The fourth-order valence-electron chi connectivity index (χ4n) is 2.58. The Morgan fingerprint density at radius 1 is 1.14 bits per heavy atom. The molecule has 2 rings (SSSR count). The van der Waals surface area contributed by atoms with Crippen LogP contribution in [0.3, 0.4) is 0 Å². The van der Waals surface area contributed by atoms with Gasteiger partial charge in [-0.3, -0.25) is 4.79 Å². The van der Waals surface area contributed by atoms with E-state index in [1.165, 1.54) is 11.8 Å². The van der Waals surface area contributed by atoms with Gasteiger partial charge >= 0.3 is 6.18 Å². The Morgan fingerprint density at radius 3 is 2.21 bits per heavy atom. The third-order valence-corrected chi connectivity index (χ3v) is 7.58. The smallest absolute Gasteiger partial charge is 0.339 e. The van der Waals surface area contributed by atoms with Crippen molar-refractivity contribution in [1.29, 1.82) is 0 Å². The Balaban J connectivity index is 2.08. The first-order valence-electron chi connectivity index (χ1n) is 8.50. The first-order chi connectivity index (χ1) is 12.7. The monoisotopic (exact) mass is 458 g/mol. The van der Waals surface area contributed by atoms with Crippen LogP contribution in [0.4, 0.5) is 13.2 Å².